The van der Waals surface area contributed by atoms with Gasteiger partial charge in [0.15, 0.2) is 0 Å². The topological polar surface area (TPSA) is 73.0 Å². The molecule has 20 heavy (non-hydrogen) atoms. The Balaban J connectivity index is -0.000000963. The molecule has 1 rings (SSSR count). The minimum absolute atomic E-state index is 0. The monoisotopic (exact) mass is 353 g/mol. The van der Waals surface area contributed by atoms with Crippen molar-refractivity contribution in [2.75, 3.05) is 46.3 Å². The average molecular weight is 355 g/mol. The molecule has 0 radical (unpaired) electrons. The van der Waals surface area contributed by atoms with Crippen molar-refractivity contribution in [1.29, 1.82) is 0 Å². The van der Waals surface area contributed by atoms with Crippen LogP contribution in [-0.2, 0) is 0 Å². The number of aliphatic hydroxyl groups excluding tert-OH is 2. The summed E-state index contributed by atoms with van der Waals surface area (Å²) >= 11 is 0. The number of hydrogen-bond acceptors (Lipinski definition) is 5. The van der Waals surface area contributed by atoms with Crippen LogP contribution >= 0.6 is 37.2 Å². The van der Waals surface area contributed by atoms with Crippen molar-refractivity contribution >= 4 is 37.2 Å². The van der Waals surface area contributed by atoms with Crippen LogP contribution in [0.25, 0.3) is 0 Å². The number of piperidine rings is 1. The average Bonchev–Trinajstić information content (AvgIpc) is 2.29. The van der Waals surface area contributed by atoms with E-state index in [1.165, 1.54) is 19.3 Å². The number of aliphatic hydroxyl groups is 2. The number of hydrogen-bond donors (Lipinski definition) is 3. The Hall–Kier alpha value is 0.670. The van der Waals surface area contributed by atoms with Gasteiger partial charge in [0.25, 0.3) is 0 Å². The lowest BCUT2D eigenvalue weighted by Crippen LogP contribution is -2.43. The van der Waals surface area contributed by atoms with Gasteiger partial charge in [-0.05, 0) is 33.0 Å². The van der Waals surface area contributed by atoms with E-state index in [0.717, 1.165) is 19.6 Å². The summed E-state index contributed by atoms with van der Waals surface area (Å²) in [5, 5.41) is 19.4. The van der Waals surface area contributed by atoms with Crippen LogP contribution in [0.4, 0.5) is 0 Å². The zero-order valence-electron chi connectivity index (χ0n) is 12.1. The molecule has 1 fully saturated rings. The third kappa shape index (κ3) is 11.3. The maximum Gasteiger partial charge on any atom is 0.0793 e. The molecule has 0 aromatic rings. The first-order valence-corrected chi connectivity index (χ1v) is 6.59. The summed E-state index contributed by atoms with van der Waals surface area (Å²) in [6, 6.07) is 0. The van der Waals surface area contributed by atoms with Gasteiger partial charge in [0.2, 0.25) is 0 Å². The lowest BCUT2D eigenvalue weighted by Gasteiger charge is -2.30. The van der Waals surface area contributed by atoms with Crippen LogP contribution in [-0.4, -0.2) is 78.5 Å². The molecule has 2 unspecified atom stereocenters. The Morgan fingerprint density at radius 1 is 1.00 bits per heavy atom. The van der Waals surface area contributed by atoms with Gasteiger partial charge < -0.3 is 25.7 Å². The van der Waals surface area contributed by atoms with Gasteiger partial charge in [0.05, 0.1) is 12.2 Å². The fourth-order valence-electron chi connectivity index (χ4n) is 2.37. The van der Waals surface area contributed by atoms with Gasteiger partial charge in [-0.2, -0.15) is 0 Å². The second-order valence-corrected chi connectivity index (χ2v) is 5.13. The summed E-state index contributed by atoms with van der Waals surface area (Å²) in [6.45, 7) is 4.33. The predicted octanol–water partition coefficient (Wildman–Crippen LogP) is 0.350. The Kier molecular flexibility index (Phi) is 18.7. The number of likely N-dealkylation sites (tertiary alicyclic amines) is 1. The van der Waals surface area contributed by atoms with Crippen molar-refractivity contribution in [2.24, 2.45) is 5.73 Å². The van der Waals surface area contributed by atoms with E-state index in [-0.39, 0.29) is 49.9 Å². The van der Waals surface area contributed by atoms with E-state index in [1.807, 2.05) is 11.9 Å². The maximum atomic E-state index is 9.96. The molecule has 0 bridgehead atoms. The van der Waals surface area contributed by atoms with Crippen LogP contribution in [0.5, 0.6) is 0 Å². The molecule has 1 saturated heterocycles. The first-order valence-electron chi connectivity index (χ1n) is 6.59. The third-order valence-electron chi connectivity index (χ3n) is 3.23. The van der Waals surface area contributed by atoms with Crippen LogP contribution < -0.4 is 5.73 Å². The molecule has 1 heterocycles. The summed E-state index contributed by atoms with van der Waals surface area (Å²) in [7, 11) is 1.90. The molecule has 0 spiro atoms. The molecule has 4 N–H and O–H groups in total. The number of nitrogens with two attached hydrogens (primary N) is 1. The largest absolute Gasteiger partial charge is 0.390 e. The highest BCUT2D eigenvalue weighted by molar-refractivity contribution is 5.86. The summed E-state index contributed by atoms with van der Waals surface area (Å²) < 4.78 is 0. The van der Waals surface area contributed by atoms with Crippen molar-refractivity contribution in [2.45, 2.75) is 31.5 Å². The van der Waals surface area contributed by atoms with Crippen molar-refractivity contribution < 1.29 is 10.2 Å². The molecule has 0 saturated carbocycles. The van der Waals surface area contributed by atoms with Crippen LogP contribution in [0.15, 0.2) is 0 Å². The Morgan fingerprint density at radius 2 is 1.50 bits per heavy atom. The standard InChI is InChI=1S/C12H27N3O2.3ClH/c1-14(8-11(16)7-13)9-12(17)10-15-5-3-2-4-6-15;;;/h11-12,16-17H,2-10,13H2,1H3;3*1H. The van der Waals surface area contributed by atoms with Crippen molar-refractivity contribution in [3.05, 3.63) is 0 Å². The van der Waals surface area contributed by atoms with Gasteiger partial charge in [0, 0.05) is 26.2 Å². The molecular weight excluding hydrogens is 325 g/mol. The highest BCUT2D eigenvalue weighted by Crippen LogP contribution is 2.09. The van der Waals surface area contributed by atoms with Crippen LogP contribution in [0.3, 0.4) is 0 Å². The Labute approximate surface area is 141 Å². The van der Waals surface area contributed by atoms with Crippen molar-refractivity contribution in [3.8, 4) is 0 Å². The second kappa shape index (κ2) is 14.6. The van der Waals surface area contributed by atoms with Crippen molar-refractivity contribution in [1.82, 2.24) is 9.80 Å². The molecular formula is C12H30Cl3N3O2. The van der Waals surface area contributed by atoms with Gasteiger partial charge in [-0.25, -0.2) is 0 Å². The van der Waals surface area contributed by atoms with E-state index in [9.17, 15) is 10.2 Å². The number of β-amino-alcohol motifs (C(OH)–C–C–N with tert-alkyl or cyclic N) is 1. The fraction of sp³-hybridized carbons (Fsp3) is 1.00. The molecule has 2 atom stereocenters. The highest BCUT2D eigenvalue weighted by atomic mass is 35.5. The predicted molar refractivity (Wildman–Crippen MR) is 90.6 cm³/mol. The second-order valence-electron chi connectivity index (χ2n) is 5.13. The smallest absolute Gasteiger partial charge is 0.0793 e. The van der Waals surface area contributed by atoms with E-state index >= 15 is 0 Å². The maximum absolute atomic E-state index is 9.96. The summed E-state index contributed by atoms with van der Waals surface area (Å²) in [4.78, 5) is 4.26. The summed E-state index contributed by atoms with van der Waals surface area (Å²) in [5.74, 6) is 0. The molecule has 126 valence electrons. The molecule has 0 aliphatic carbocycles. The molecule has 5 nitrogen and oxygen atoms in total. The van der Waals surface area contributed by atoms with Gasteiger partial charge in [-0.1, -0.05) is 6.42 Å². The van der Waals surface area contributed by atoms with Crippen molar-refractivity contribution in [3.63, 3.8) is 0 Å². The van der Waals surface area contributed by atoms with Gasteiger partial charge >= 0.3 is 0 Å². The SMILES string of the molecule is CN(CC(O)CN)CC(O)CN1CCCCC1.Cl.Cl.Cl. The van der Waals surface area contributed by atoms with Crippen LogP contribution in [0, 0.1) is 0 Å². The van der Waals surface area contributed by atoms with Gasteiger partial charge in [-0.15, -0.1) is 37.2 Å². The number of likely N-dealkylation sites (N-methyl/N-ethyl adjacent to an activating group) is 1. The minimum Gasteiger partial charge on any atom is -0.390 e. The van der Waals surface area contributed by atoms with E-state index in [2.05, 4.69) is 4.90 Å². The number of rotatable bonds is 7. The summed E-state index contributed by atoms with van der Waals surface area (Å²) in [6.07, 6.45) is 2.96. The minimum atomic E-state index is -0.498. The lowest BCUT2D eigenvalue weighted by molar-refractivity contribution is 0.0576. The highest BCUT2D eigenvalue weighted by Gasteiger charge is 2.16. The molecule has 1 aliphatic rings. The lowest BCUT2D eigenvalue weighted by atomic mass is 10.1. The first kappa shape index (κ1) is 25.6. The Bertz CT molecular complexity index is 210. The molecule has 0 aromatic heterocycles. The number of nitrogens with zero attached hydrogens (tertiary/aromatic N) is 2. The van der Waals surface area contributed by atoms with E-state index in [1.54, 1.807) is 0 Å². The fourth-order valence-corrected chi connectivity index (χ4v) is 2.37. The Morgan fingerprint density at radius 3 is 2.00 bits per heavy atom. The number of halogens is 3. The van der Waals surface area contributed by atoms with Gasteiger partial charge in [0.1, 0.15) is 0 Å². The van der Waals surface area contributed by atoms with E-state index in [4.69, 9.17) is 5.73 Å². The molecule has 8 heteroatoms. The van der Waals surface area contributed by atoms with Gasteiger partial charge in [-0.3, -0.25) is 0 Å². The zero-order valence-corrected chi connectivity index (χ0v) is 14.6. The van der Waals surface area contributed by atoms with E-state index < -0.39 is 6.10 Å². The zero-order chi connectivity index (χ0) is 12.7. The summed E-state index contributed by atoms with van der Waals surface area (Å²) in [5.41, 5.74) is 5.35. The first-order chi connectivity index (χ1) is 8.11. The van der Waals surface area contributed by atoms with Crippen LogP contribution in [0.1, 0.15) is 19.3 Å². The molecule has 0 amide bonds. The normalized spacial score (nSPS) is 18.4. The van der Waals surface area contributed by atoms with E-state index in [0.29, 0.717) is 13.1 Å². The molecule has 0 aromatic carbocycles. The van der Waals surface area contributed by atoms with Crippen LogP contribution in [0.2, 0.25) is 0 Å². The molecule has 1 aliphatic heterocycles. The third-order valence-corrected chi connectivity index (χ3v) is 3.23. The quantitative estimate of drug-likeness (QED) is 0.615.